The highest BCUT2D eigenvalue weighted by Gasteiger charge is 2.26. The Morgan fingerprint density at radius 2 is 1.52 bits per heavy atom. The molecule has 3 aromatic carbocycles. The maximum absolute atomic E-state index is 13.0. The number of hydrogen-bond donors (Lipinski definition) is 2. The number of anilines is 1. The number of fused-ring (bicyclic) bond motifs is 1. The van der Waals surface area contributed by atoms with Gasteiger partial charge in [-0.25, -0.2) is 0 Å². The molecular weight excluding hydrogens is 428 g/mol. The SMILES string of the molecule is CC(C)C[C@H](NC(=O)C(Br)c1ccccc1)C(=O)Nc1cccc2ccccc12. The number of nitrogens with one attached hydrogen (secondary N) is 2. The second-order valence-corrected chi connectivity index (χ2v) is 8.40. The summed E-state index contributed by atoms with van der Waals surface area (Å²) in [5, 5.41) is 7.95. The summed E-state index contributed by atoms with van der Waals surface area (Å²) < 4.78 is 0. The number of alkyl halides is 1. The maximum Gasteiger partial charge on any atom is 0.246 e. The molecule has 0 spiro atoms. The average Bonchev–Trinajstić information content (AvgIpc) is 2.73. The zero-order valence-corrected chi connectivity index (χ0v) is 18.1. The molecule has 3 aromatic rings. The van der Waals surface area contributed by atoms with Crippen LogP contribution in [-0.2, 0) is 9.59 Å². The fraction of sp³-hybridized carbons (Fsp3) is 0.250. The molecule has 0 aromatic heterocycles. The molecule has 2 atom stereocenters. The van der Waals surface area contributed by atoms with Crippen molar-refractivity contribution in [1.29, 1.82) is 0 Å². The minimum Gasteiger partial charge on any atom is -0.343 e. The molecule has 0 saturated carbocycles. The molecule has 0 fully saturated rings. The molecule has 0 heterocycles. The molecule has 0 aliphatic rings. The third-order valence-electron chi connectivity index (χ3n) is 4.71. The molecule has 29 heavy (non-hydrogen) atoms. The van der Waals surface area contributed by atoms with E-state index in [1.165, 1.54) is 0 Å². The third kappa shape index (κ3) is 5.45. The van der Waals surface area contributed by atoms with Crippen molar-refractivity contribution in [2.45, 2.75) is 31.1 Å². The molecular formula is C24H25BrN2O2. The fourth-order valence-electron chi connectivity index (χ4n) is 3.28. The van der Waals surface area contributed by atoms with Crippen LogP contribution in [0.25, 0.3) is 10.8 Å². The molecule has 0 aliphatic heterocycles. The van der Waals surface area contributed by atoms with Crippen molar-refractivity contribution in [1.82, 2.24) is 5.32 Å². The minimum absolute atomic E-state index is 0.212. The van der Waals surface area contributed by atoms with E-state index in [2.05, 4.69) is 26.6 Å². The standard InChI is InChI=1S/C24H25BrN2O2/c1-16(2)15-21(27-24(29)22(25)18-10-4-3-5-11-18)23(28)26-20-14-8-12-17-9-6-7-13-19(17)20/h3-14,16,21-22H,15H2,1-2H3,(H,26,28)(H,27,29)/t21-,22?/m0/s1. The van der Waals surface area contributed by atoms with Crippen LogP contribution in [-0.4, -0.2) is 17.9 Å². The van der Waals surface area contributed by atoms with E-state index < -0.39 is 10.9 Å². The zero-order valence-electron chi connectivity index (χ0n) is 16.6. The number of carbonyl (C=O) groups is 2. The summed E-state index contributed by atoms with van der Waals surface area (Å²) in [6.45, 7) is 4.07. The van der Waals surface area contributed by atoms with E-state index in [1.54, 1.807) is 0 Å². The lowest BCUT2D eigenvalue weighted by Crippen LogP contribution is -2.45. The highest BCUT2D eigenvalue weighted by molar-refractivity contribution is 9.09. The Morgan fingerprint density at radius 1 is 0.862 bits per heavy atom. The average molecular weight is 453 g/mol. The molecule has 0 radical (unpaired) electrons. The molecule has 3 rings (SSSR count). The zero-order chi connectivity index (χ0) is 20.8. The van der Waals surface area contributed by atoms with Crippen LogP contribution in [0.1, 0.15) is 30.7 Å². The molecule has 4 nitrogen and oxygen atoms in total. The summed E-state index contributed by atoms with van der Waals surface area (Å²) in [5.74, 6) is -0.185. The molecule has 0 saturated heterocycles. The van der Waals surface area contributed by atoms with Crippen molar-refractivity contribution in [3.63, 3.8) is 0 Å². The van der Waals surface area contributed by atoms with Crippen LogP contribution < -0.4 is 10.6 Å². The van der Waals surface area contributed by atoms with Gasteiger partial charge >= 0.3 is 0 Å². The van der Waals surface area contributed by atoms with E-state index in [0.29, 0.717) is 6.42 Å². The fourth-order valence-corrected chi connectivity index (χ4v) is 3.71. The van der Waals surface area contributed by atoms with Gasteiger partial charge in [0.25, 0.3) is 0 Å². The molecule has 2 amide bonds. The lowest BCUT2D eigenvalue weighted by Gasteiger charge is -2.22. The van der Waals surface area contributed by atoms with E-state index >= 15 is 0 Å². The van der Waals surface area contributed by atoms with Crippen molar-refractivity contribution in [2.24, 2.45) is 5.92 Å². The van der Waals surface area contributed by atoms with Gasteiger partial charge in [0.15, 0.2) is 0 Å². The van der Waals surface area contributed by atoms with Crippen LogP contribution in [0.4, 0.5) is 5.69 Å². The quantitative estimate of drug-likeness (QED) is 0.468. The van der Waals surface area contributed by atoms with Gasteiger partial charge in [0, 0.05) is 11.1 Å². The Labute approximate surface area is 179 Å². The van der Waals surface area contributed by atoms with Gasteiger partial charge < -0.3 is 10.6 Å². The summed E-state index contributed by atoms with van der Waals surface area (Å²) in [6.07, 6.45) is 0.552. The van der Waals surface area contributed by atoms with E-state index in [1.807, 2.05) is 86.6 Å². The number of rotatable bonds is 7. The van der Waals surface area contributed by atoms with Crippen molar-refractivity contribution in [3.05, 3.63) is 78.4 Å². The third-order valence-corrected chi connectivity index (χ3v) is 5.65. The van der Waals surface area contributed by atoms with E-state index in [0.717, 1.165) is 22.0 Å². The second kappa shape index (κ2) is 9.70. The summed E-state index contributed by atoms with van der Waals surface area (Å²) >= 11 is 3.45. The predicted molar refractivity (Wildman–Crippen MR) is 122 cm³/mol. The van der Waals surface area contributed by atoms with Gasteiger partial charge in [0.1, 0.15) is 10.9 Å². The summed E-state index contributed by atoms with van der Waals surface area (Å²) in [5.41, 5.74) is 1.59. The Bertz CT molecular complexity index is 983. The topological polar surface area (TPSA) is 58.2 Å². The molecule has 1 unspecified atom stereocenters. The maximum atomic E-state index is 13.0. The van der Waals surface area contributed by atoms with Crippen molar-refractivity contribution in [2.75, 3.05) is 5.32 Å². The van der Waals surface area contributed by atoms with E-state index in [4.69, 9.17) is 0 Å². The van der Waals surface area contributed by atoms with Gasteiger partial charge in [-0.2, -0.15) is 0 Å². The predicted octanol–water partition coefficient (Wildman–Crippen LogP) is 5.45. The lowest BCUT2D eigenvalue weighted by atomic mass is 10.0. The highest BCUT2D eigenvalue weighted by Crippen LogP contribution is 2.25. The van der Waals surface area contributed by atoms with Crippen LogP contribution in [0, 0.1) is 5.92 Å². The first-order valence-electron chi connectivity index (χ1n) is 9.73. The molecule has 2 N–H and O–H groups in total. The van der Waals surface area contributed by atoms with Crippen LogP contribution in [0.2, 0.25) is 0 Å². The van der Waals surface area contributed by atoms with Gasteiger partial charge in [0.2, 0.25) is 11.8 Å². The number of amides is 2. The Kier molecular flexibility index (Phi) is 7.04. The lowest BCUT2D eigenvalue weighted by molar-refractivity contribution is -0.126. The van der Waals surface area contributed by atoms with Gasteiger partial charge in [-0.1, -0.05) is 96.5 Å². The van der Waals surface area contributed by atoms with Crippen LogP contribution in [0.3, 0.4) is 0 Å². The van der Waals surface area contributed by atoms with Crippen molar-refractivity contribution >= 4 is 44.2 Å². The first kappa shape index (κ1) is 21.1. The molecule has 0 bridgehead atoms. The van der Waals surface area contributed by atoms with Gasteiger partial charge in [-0.3, -0.25) is 9.59 Å². The second-order valence-electron chi connectivity index (χ2n) is 7.48. The van der Waals surface area contributed by atoms with Crippen LogP contribution in [0.5, 0.6) is 0 Å². The number of halogens is 1. The number of carbonyl (C=O) groups excluding carboxylic acids is 2. The van der Waals surface area contributed by atoms with Crippen LogP contribution >= 0.6 is 15.9 Å². The first-order chi connectivity index (χ1) is 14.0. The monoisotopic (exact) mass is 452 g/mol. The normalized spacial score (nSPS) is 13.1. The number of benzene rings is 3. The Balaban J connectivity index is 1.77. The largest absolute Gasteiger partial charge is 0.343 e. The van der Waals surface area contributed by atoms with E-state index in [9.17, 15) is 9.59 Å². The Hall–Kier alpha value is -2.66. The van der Waals surface area contributed by atoms with Crippen molar-refractivity contribution < 1.29 is 9.59 Å². The van der Waals surface area contributed by atoms with Crippen LogP contribution in [0.15, 0.2) is 72.8 Å². The summed E-state index contributed by atoms with van der Waals surface area (Å²) in [4.78, 5) is 25.3. The first-order valence-corrected chi connectivity index (χ1v) is 10.7. The molecule has 150 valence electrons. The number of hydrogen-bond acceptors (Lipinski definition) is 2. The van der Waals surface area contributed by atoms with Crippen molar-refractivity contribution in [3.8, 4) is 0 Å². The summed E-state index contributed by atoms with van der Waals surface area (Å²) in [6, 6.07) is 22.5. The summed E-state index contributed by atoms with van der Waals surface area (Å²) in [7, 11) is 0. The van der Waals surface area contributed by atoms with Gasteiger partial charge in [-0.15, -0.1) is 0 Å². The molecule has 0 aliphatic carbocycles. The van der Waals surface area contributed by atoms with E-state index in [-0.39, 0.29) is 17.7 Å². The van der Waals surface area contributed by atoms with Gasteiger partial charge in [0.05, 0.1) is 0 Å². The smallest absolute Gasteiger partial charge is 0.246 e. The molecule has 5 heteroatoms. The minimum atomic E-state index is -0.620. The van der Waals surface area contributed by atoms with Gasteiger partial charge in [-0.05, 0) is 29.4 Å². The highest BCUT2D eigenvalue weighted by atomic mass is 79.9. The Morgan fingerprint density at radius 3 is 2.24 bits per heavy atom.